The van der Waals surface area contributed by atoms with Crippen LogP contribution in [-0.2, 0) is 11.3 Å². The Kier molecular flexibility index (Phi) is 6.84. The lowest BCUT2D eigenvalue weighted by Crippen LogP contribution is -2.32. The first-order chi connectivity index (χ1) is 15.9. The zero-order valence-corrected chi connectivity index (χ0v) is 19.1. The molecule has 1 amide bonds. The summed E-state index contributed by atoms with van der Waals surface area (Å²) in [6.07, 6.45) is 4.36. The van der Waals surface area contributed by atoms with Gasteiger partial charge >= 0.3 is 0 Å². The molecule has 2 N–H and O–H groups in total. The fourth-order valence-electron chi connectivity index (χ4n) is 4.15. The van der Waals surface area contributed by atoms with E-state index in [0.717, 1.165) is 16.9 Å². The highest BCUT2D eigenvalue weighted by Gasteiger charge is 2.33. The molecule has 1 saturated heterocycles. The maximum Gasteiger partial charge on any atom is 0.223 e. The number of hydrogen-bond acceptors (Lipinski definition) is 6. The van der Waals surface area contributed by atoms with Gasteiger partial charge in [-0.3, -0.25) is 14.6 Å². The molecule has 2 aromatic heterocycles. The van der Waals surface area contributed by atoms with E-state index in [1.807, 2.05) is 56.4 Å². The summed E-state index contributed by atoms with van der Waals surface area (Å²) in [7, 11) is 1.98. The van der Waals surface area contributed by atoms with Gasteiger partial charge in [0.05, 0.1) is 23.1 Å². The lowest BCUT2D eigenvalue weighted by molar-refractivity contribution is -0.130. The number of pyridine rings is 1. The van der Waals surface area contributed by atoms with E-state index in [4.69, 9.17) is 5.73 Å². The monoisotopic (exact) mass is 446 g/mol. The van der Waals surface area contributed by atoms with Crippen molar-refractivity contribution in [1.29, 1.82) is 0 Å². The molecule has 1 aromatic carbocycles. The minimum Gasteiger partial charge on any atom is -0.383 e. The minimum atomic E-state index is -0.252. The SMILES string of the molecule is Cc1ccc(-n2ncc(C(=O)C3CCN(C(=O)CCN(C)Cc4ccccn4)C3)c2N)cc1. The summed E-state index contributed by atoms with van der Waals surface area (Å²) in [4.78, 5) is 34.0. The fourth-order valence-corrected chi connectivity index (χ4v) is 4.15. The summed E-state index contributed by atoms with van der Waals surface area (Å²) in [6, 6.07) is 13.6. The smallest absolute Gasteiger partial charge is 0.223 e. The molecule has 172 valence electrons. The largest absolute Gasteiger partial charge is 0.383 e. The van der Waals surface area contributed by atoms with Crippen molar-refractivity contribution < 1.29 is 9.59 Å². The predicted molar refractivity (Wildman–Crippen MR) is 127 cm³/mol. The lowest BCUT2D eigenvalue weighted by Gasteiger charge is -2.20. The zero-order valence-electron chi connectivity index (χ0n) is 19.1. The van der Waals surface area contributed by atoms with Crippen molar-refractivity contribution in [3.05, 3.63) is 71.7 Å². The van der Waals surface area contributed by atoms with Crippen LogP contribution in [0.15, 0.2) is 54.9 Å². The molecule has 8 nitrogen and oxygen atoms in total. The molecule has 0 saturated carbocycles. The van der Waals surface area contributed by atoms with Crippen LogP contribution in [0.1, 0.15) is 34.5 Å². The summed E-state index contributed by atoms with van der Waals surface area (Å²) in [6.45, 7) is 4.36. The molecule has 3 aromatic rings. The molecule has 0 aliphatic carbocycles. The highest BCUT2D eigenvalue weighted by atomic mass is 16.2. The number of anilines is 1. The Balaban J connectivity index is 1.31. The number of carbonyl (C=O) groups excluding carboxylic acids is 2. The van der Waals surface area contributed by atoms with Crippen molar-refractivity contribution in [3.8, 4) is 5.69 Å². The second-order valence-electron chi connectivity index (χ2n) is 8.69. The van der Waals surface area contributed by atoms with Crippen LogP contribution in [0.4, 0.5) is 5.82 Å². The number of likely N-dealkylation sites (tertiary alicyclic amines) is 1. The maximum absolute atomic E-state index is 13.1. The summed E-state index contributed by atoms with van der Waals surface area (Å²) in [5.74, 6) is 0.109. The Morgan fingerprint density at radius 2 is 1.97 bits per heavy atom. The van der Waals surface area contributed by atoms with Gasteiger partial charge in [-0.2, -0.15) is 5.10 Å². The molecule has 3 heterocycles. The van der Waals surface area contributed by atoms with Crippen LogP contribution in [0.5, 0.6) is 0 Å². The number of hydrogen-bond donors (Lipinski definition) is 1. The van der Waals surface area contributed by atoms with E-state index >= 15 is 0 Å². The zero-order chi connectivity index (χ0) is 23.4. The summed E-state index contributed by atoms with van der Waals surface area (Å²) in [5.41, 5.74) is 9.62. The molecule has 1 fully saturated rings. The van der Waals surface area contributed by atoms with E-state index in [1.165, 1.54) is 6.20 Å². The van der Waals surface area contributed by atoms with Crippen LogP contribution in [0.2, 0.25) is 0 Å². The van der Waals surface area contributed by atoms with Crippen LogP contribution in [0.25, 0.3) is 5.69 Å². The molecule has 1 aliphatic rings. The molecule has 33 heavy (non-hydrogen) atoms. The fraction of sp³-hybridized carbons (Fsp3) is 0.360. The number of benzene rings is 1. The van der Waals surface area contributed by atoms with Crippen molar-refractivity contribution >= 4 is 17.5 Å². The Morgan fingerprint density at radius 3 is 2.70 bits per heavy atom. The number of Topliss-reactive ketones (excluding diaryl/α,β-unsaturated/α-hetero) is 1. The first kappa shape index (κ1) is 22.7. The van der Waals surface area contributed by atoms with Crippen LogP contribution < -0.4 is 5.73 Å². The molecule has 1 aliphatic heterocycles. The maximum atomic E-state index is 13.1. The van der Waals surface area contributed by atoms with Crippen molar-refractivity contribution in [1.82, 2.24) is 24.6 Å². The number of rotatable bonds is 8. The standard InChI is InChI=1S/C25H30N6O2/c1-18-6-8-21(9-7-18)31-25(26)22(15-28-31)24(33)19-10-14-30(16-19)23(32)11-13-29(2)17-20-5-3-4-12-27-20/h3-9,12,15,19H,10-11,13-14,16-17,26H2,1-2H3. The Labute approximate surface area is 194 Å². The highest BCUT2D eigenvalue weighted by Crippen LogP contribution is 2.26. The van der Waals surface area contributed by atoms with Gasteiger partial charge in [-0.1, -0.05) is 23.8 Å². The second kappa shape index (κ2) is 9.95. The van der Waals surface area contributed by atoms with E-state index in [9.17, 15) is 9.59 Å². The molecular weight excluding hydrogens is 416 g/mol. The van der Waals surface area contributed by atoms with E-state index in [1.54, 1.807) is 15.8 Å². The second-order valence-corrected chi connectivity index (χ2v) is 8.69. The summed E-state index contributed by atoms with van der Waals surface area (Å²) < 4.78 is 1.59. The van der Waals surface area contributed by atoms with Gasteiger partial charge in [0.1, 0.15) is 5.82 Å². The molecule has 1 atom stereocenters. The van der Waals surface area contributed by atoms with Gasteiger partial charge in [0.15, 0.2) is 5.78 Å². The Bertz CT molecular complexity index is 1110. The number of amides is 1. The number of nitrogens with zero attached hydrogens (tertiary/aromatic N) is 5. The highest BCUT2D eigenvalue weighted by molar-refractivity contribution is 6.02. The van der Waals surface area contributed by atoms with Crippen molar-refractivity contribution in [2.45, 2.75) is 26.3 Å². The molecule has 0 spiro atoms. The normalized spacial score (nSPS) is 15.8. The Hall–Kier alpha value is -3.52. The molecule has 1 unspecified atom stereocenters. The number of aryl methyl sites for hydroxylation is 1. The third-order valence-electron chi connectivity index (χ3n) is 6.13. The third-order valence-corrected chi connectivity index (χ3v) is 6.13. The van der Waals surface area contributed by atoms with Gasteiger partial charge in [0.25, 0.3) is 0 Å². The molecule has 8 heteroatoms. The van der Waals surface area contributed by atoms with Gasteiger partial charge < -0.3 is 15.5 Å². The summed E-state index contributed by atoms with van der Waals surface area (Å²) in [5, 5.41) is 4.33. The van der Waals surface area contributed by atoms with Gasteiger partial charge in [-0.15, -0.1) is 0 Å². The average Bonchev–Trinajstić information content (AvgIpc) is 3.46. The topological polar surface area (TPSA) is 97.4 Å². The molecule has 4 rings (SSSR count). The number of ketones is 1. The van der Waals surface area contributed by atoms with Crippen LogP contribution >= 0.6 is 0 Å². The average molecular weight is 447 g/mol. The van der Waals surface area contributed by atoms with Crippen molar-refractivity contribution in [2.24, 2.45) is 5.92 Å². The number of nitrogen functional groups attached to an aromatic ring is 1. The van der Waals surface area contributed by atoms with E-state index in [2.05, 4.69) is 15.0 Å². The van der Waals surface area contributed by atoms with Gasteiger partial charge in [0, 0.05) is 44.7 Å². The van der Waals surface area contributed by atoms with E-state index < -0.39 is 0 Å². The molecular formula is C25H30N6O2. The van der Waals surface area contributed by atoms with Gasteiger partial charge in [-0.25, -0.2) is 4.68 Å². The number of carbonyl (C=O) groups is 2. The van der Waals surface area contributed by atoms with Gasteiger partial charge in [0.2, 0.25) is 5.91 Å². The van der Waals surface area contributed by atoms with Crippen LogP contribution in [0, 0.1) is 12.8 Å². The van der Waals surface area contributed by atoms with Crippen LogP contribution in [-0.4, -0.2) is 62.9 Å². The predicted octanol–water partition coefficient (Wildman–Crippen LogP) is 2.71. The quantitative estimate of drug-likeness (QED) is 0.535. The summed E-state index contributed by atoms with van der Waals surface area (Å²) >= 11 is 0. The molecule has 0 radical (unpaired) electrons. The van der Waals surface area contributed by atoms with E-state index in [-0.39, 0.29) is 17.6 Å². The first-order valence-corrected chi connectivity index (χ1v) is 11.2. The lowest BCUT2D eigenvalue weighted by atomic mass is 9.98. The van der Waals surface area contributed by atoms with Crippen molar-refractivity contribution in [2.75, 3.05) is 32.4 Å². The Morgan fingerprint density at radius 1 is 1.18 bits per heavy atom. The third kappa shape index (κ3) is 5.28. The van der Waals surface area contributed by atoms with Gasteiger partial charge in [-0.05, 0) is 44.7 Å². The number of nitrogens with two attached hydrogens (primary N) is 1. The number of aromatic nitrogens is 3. The van der Waals surface area contributed by atoms with E-state index in [0.29, 0.717) is 50.4 Å². The van der Waals surface area contributed by atoms with Crippen LogP contribution in [0.3, 0.4) is 0 Å². The minimum absolute atomic E-state index is 0.0477. The molecule has 0 bridgehead atoms. The van der Waals surface area contributed by atoms with Crippen molar-refractivity contribution in [3.63, 3.8) is 0 Å². The first-order valence-electron chi connectivity index (χ1n) is 11.2.